The van der Waals surface area contributed by atoms with Crippen LogP contribution in [0.1, 0.15) is 25.1 Å². The van der Waals surface area contributed by atoms with Gasteiger partial charge in [-0.15, -0.1) is 15.3 Å². The second kappa shape index (κ2) is 7.83. The van der Waals surface area contributed by atoms with E-state index in [0.29, 0.717) is 12.6 Å². The molecule has 3 aromatic heterocycles. The van der Waals surface area contributed by atoms with Crippen molar-refractivity contribution in [3.63, 3.8) is 0 Å². The van der Waals surface area contributed by atoms with E-state index in [9.17, 15) is 4.79 Å². The molecule has 0 spiro atoms. The predicted molar refractivity (Wildman–Crippen MR) is 102 cm³/mol. The van der Waals surface area contributed by atoms with Crippen LogP contribution in [0.15, 0.2) is 35.3 Å². The van der Waals surface area contributed by atoms with Crippen molar-refractivity contribution in [1.82, 2.24) is 34.5 Å². The zero-order valence-electron chi connectivity index (χ0n) is 15.5. The van der Waals surface area contributed by atoms with Gasteiger partial charge in [-0.3, -0.25) is 9.69 Å². The summed E-state index contributed by atoms with van der Waals surface area (Å²) in [5.74, 6) is 1.59. The summed E-state index contributed by atoms with van der Waals surface area (Å²) in [7, 11) is 0. The first-order valence-corrected chi connectivity index (χ1v) is 9.40. The van der Waals surface area contributed by atoms with Gasteiger partial charge in [0.05, 0.1) is 6.54 Å². The Morgan fingerprint density at radius 3 is 3.00 bits per heavy atom. The van der Waals surface area contributed by atoms with Crippen LogP contribution in [0.4, 0.5) is 5.82 Å². The lowest BCUT2D eigenvalue weighted by Crippen LogP contribution is -2.45. The monoisotopic (exact) mass is 368 g/mol. The lowest BCUT2D eigenvalue weighted by Gasteiger charge is -2.35. The number of anilines is 1. The fourth-order valence-electron chi connectivity index (χ4n) is 3.58. The molecule has 9 heteroatoms. The topological polar surface area (TPSA) is 93.2 Å². The number of hydrogen-bond acceptors (Lipinski definition) is 7. The SMILES string of the molecule is Cc1nnc2ccc(NCC3CCCCN3CCn3ncccc3=O)nn12. The van der Waals surface area contributed by atoms with E-state index in [1.54, 1.807) is 22.8 Å². The predicted octanol–water partition coefficient (Wildman–Crippen LogP) is 0.956. The molecule has 1 fully saturated rings. The van der Waals surface area contributed by atoms with Gasteiger partial charge in [0, 0.05) is 31.4 Å². The number of fused-ring (bicyclic) bond motifs is 1. The van der Waals surface area contributed by atoms with Gasteiger partial charge in [0.1, 0.15) is 5.82 Å². The number of aromatic nitrogens is 6. The van der Waals surface area contributed by atoms with Crippen LogP contribution in [0.2, 0.25) is 0 Å². The van der Waals surface area contributed by atoms with Gasteiger partial charge in [-0.2, -0.15) is 9.61 Å². The summed E-state index contributed by atoms with van der Waals surface area (Å²) in [5.41, 5.74) is 0.698. The van der Waals surface area contributed by atoms with Gasteiger partial charge < -0.3 is 5.32 Å². The molecule has 0 bridgehead atoms. The van der Waals surface area contributed by atoms with E-state index in [-0.39, 0.29) is 5.56 Å². The summed E-state index contributed by atoms with van der Waals surface area (Å²) >= 11 is 0. The first-order valence-electron chi connectivity index (χ1n) is 9.40. The maximum atomic E-state index is 11.8. The Labute approximate surface area is 157 Å². The van der Waals surface area contributed by atoms with Gasteiger partial charge in [0.15, 0.2) is 11.5 Å². The Balaban J connectivity index is 1.39. The molecule has 0 radical (unpaired) electrons. The van der Waals surface area contributed by atoms with Crippen LogP contribution in [-0.4, -0.2) is 60.2 Å². The van der Waals surface area contributed by atoms with Crippen LogP contribution in [0, 0.1) is 6.92 Å². The molecule has 3 aromatic rings. The largest absolute Gasteiger partial charge is 0.367 e. The molecule has 1 saturated heterocycles. The third-order valence-corrected chi connectivity index (χ3v) is 5.07. The molecule has 142 valence electrons. The third kappa shape index (κ3) is 3.97. The highest BCUT2D eigenvalue weighted by Gasteiger charge is 2.22. The summed E-state index contributed by atoms with van der Waals surface area (Å²) in [4.78, 5) is 14.3. The highest BCUT2D eigenvalue weighted by Crippen LogP contribution is 2.17. The van der Waals surface area contributed by atoms with Crippen LogP contribution >= 0.6 is 0 Å². The summed E-state index contributed by atoms with van der Waals surface area (Å²) in [6.45, 7) is 5.18. The van der Waals surface area contributed by atoms with Crippen LogP contribution in [0.5, 0.6) is 0 Å². The minimum atomic E-state index is -0.0500. The third-order valence-electron chi connectivity index (χ3n) is 5.07. The molecular formula is C18H24N8O. The van der Waals surface area contributed by atoms with Crippen molar-refractivity contribution in [1.29, 1.82) is 0 Å². The maximum absolute atomic E-state index is 11.8. The van der Waals surface area contributed by atoms with Gasteiger partial charge in [0.2, 0.25) is 0 Å². The maximum Gasteiger partial charge on any atom is 0.266 e. The molecule has 0 amide bonds. The lowest BCUT2D eigenvalue weighted by molar-refractivity contribution is 0.148. The Morgan fingerprint density at radius 2 is 2.11 bits per heavy atom. The van der Waals surface area contributed by atoms with Gasteiger partial charge in [0.25, 0.3) is 5.56 Å². The number of likely N-dealkylation sites (tertiary alicyclic amines) is 1. The van der Waals surface area contributed by atoms with Crippen molar-refractivity contribution in [2.45, 2.75) is 38.8 Å². The minimum Gasteiger partial charge on any atom is -0.367 e. The highest BCUT2D eigenvalue weighted by atomic mass is 16.1. The Hall–Kier alpha value is -2.81. The quantitative estimate of drug-likeness (QED) is 0.692. The average Bonchev–Trinajstić information content (AvgIpc) is 3.07. The summed E-state index contributed by atoms with van der Waals surface area (Å²) in [6, 6.07) is 7.49. The number of hydrogen-bond donors (Lipinski definition) is 1. The summed E-state index contributed by atoms with van der Waals surface area (Å²) in [5, 5.41) is 20.3. The molecule has 27 heavy (non-hydrogen) atoms. The van der Waals surface area contributed by atoms with Crippen LogP contribution in [0.3, 0.4) is 0 Å². The molecule has 1 aliphatic heterocycles. The van der Waals surface area contributed by atoms with Gasteiger partial charge in [-0.05, 0) is 44.5 Å². The van der Waals surface area contributed by atoms with Crippen molar-refractivity contribution >= 4 is 11.5 Å². The van der Waals surface area contributed by atoms with Crippen molar-refractivity contribution in [2.24, 2.45) is 0 Å². The minimum absolute atomic E-state index is 0.0500. The van der Waals surface area contributed by atoms with E-state index in [1.807, 2.05) is 19.1 Å². The van der Waals surface area contributed by atoms with E-state index in [2.05, 4.69) is 30.6 Å². The molecule has 4 rings (SSSR count). The van der Waals surface area contributed by atoms with E-state index in [0.717, 1.165) is 43.3 Å². The van der Waals surface area contributed by atoms with E-state index < -0.39 is 0 Å². The number of aryl methyl sites for hydroxylation is 1. The number of rotatable bonds is 6. The van der Waals surface area contributed by atoms with Crippen LogP contribution in [0.25, 0.3) is 5.65 Å². The van der Waals surface area contributed by atoms with Gasteiger partial charge in [-0.25, -0.2) is 4.68 Å². The van der Waals surface area contributed by atoms with Crippen molar-refractivity contribution in [2.75, 3.05) is 25.0 Å². The molecular weight excluding hydrogens is 344 g/mol. The van der Waals surface area contributed by atoms with Gasteiger partial charge in [-0.1, -0.05) is 6.42 Å². The van der Waals surface area contributed by atoms with E-state index >= 15 is 0 Å². The summed E-state index contributed by atoms with van der Waals surface area (Å²) < 4.78 is 3.28. The van der Waals surface area contributed by atoms with E-state index in [4.69, 9.17) is 0 Å². The van der Waals surface area contributed by atoms with Crippen LogP contribution < -0.4 is 10.9 Å². The Kier molecular flexibility index (Phi) is 5.10. The Bertz CT molecular complexity index is 965. The first-order chi connectivity index (χ1) is 13.2. The standard InChI is InChI=1S/C18H24N8O/c1-14-21-22-17-8-7-16(23-26(14)17)19-13-15-5-2-3-10-24(15)11-12-25-18(27)6-4-9-20-25/h4,6-9,15H,2-3,5,10-13H2,1H3,(H,19,23). The number of piperidine rings is 1. The fraction of sp³-hybridized carbons (Fsp3) is 0.500. The van der Waals surface area contributed by atoms with E-state index in [1.165, 1.54) is 17.5 Å². The second-order valence-corrected chi connectivity index (χ2v) is 6.89. The van der Waals surface area contributed by atoms with Crippen molar-refractivity contribution in [3.8, 4) is 0 Å². The normalized spacial score (nSPS) is 18.0. The van der Waals surface area contributed by atoms with Crippen LogP contribution in [-0.2, 0) is 6.54 Å². The molecule has 0 saturated carbocycles. The number of nitrogens with one attached hydrogen (secondary N) is 1. The fourth-order valence-corrected chi connectivity index (χ4v) is 3.58. The first kappa shape index (κ1) is 17.6. The molecule has 1 atom stereocenters. The zero-order valence-corrected chi connectivity index (χ0v) is 15.5. The average molecular weight is 368 g/mol. The smallest absolute Gasteiger partial charge is 0.266 e. The van der Waals surface area contributed by atoms with Crippen molar-refractivity contribution < 1.29 is 0 Å². The molecule has 0 aromatic carbocycles. The zero-order chi connectivity index (χ0) is 18.6. The molecule has 4 heterocycles. The number of nitrogens with zero attached hydrogens (tertiary/aromatic N) is 7. The molecule has 0 aliphatic carbocycles. The molecule has 9 nitrogen and oxygen atoms in total. The summed E-state index contributed by atoms with van der Waals surface area (Å²) in [6.07, 6.45) is 5.21. The Morgan fingerprint density at radius 1 is 1.19 bits per heavy atom. The highest BCUT2D eigenvalue weighted by molar-refractivity contribution is 5.43. The molecule has 1 aliphatic rings. The molecule has 1 unspecified atom stereocenters. The van der Waals surface area contributed by atoms with Crippen molar-refractivity contribution in [3.05, 3.63) is 46.6 Å². The molecule has 1 N–H and O–H groups in total. The second-order valence-electron chi connectivity index (χ2n) is 6.89. The van der Waals surface area contributed by atoms with Gasteiger partial charge >= 0.3 is 0 Å². The lowest BCUT2D eigenvalue weighted by atomic mass is 10.0.